The first-order chi connectivity index (χ1) is 7.83. The number of nitrogens with one attached hydrogen (secondary N) is 1. The topological polar surface area (TPSA) is 34.1 Å². The number of nitrogens with zero attached hydrogens (tertiary/aromatic N) is 1. The van der Waals surface area contributed by atoms with Crippen LogP contribution in [0, 0.1) is 0 Å². The van der Waals surface area contributed by atoms with E-state index in [9.17, 15) is 0 Å². The number of aromatic nitrogens is 1. The SMILES string of the molecule is COCCCNCC(C)Sc1ccncc1. The minimum Gasteiger partial charge on any atom is -0.385 e. The fraction of sp³-hybridized carbons (Fsp3) is 0.583. The van der Waals surface area contributed by atoms with Gasteiger partial charge in [0.1, 0.15) is 0 Å². The lowest BCUT2D eigenvalue weighted by molar-refractivity contribution is 0.194. The van der Waals surface area contributed by atoms with Gasteiger partial charge in [0.2, 0.25) is 0 Å². The standard InChI is InChI=1S/C12H20N2OS/c1-11(10-14-6-3-9-15-2)16-12-4-7-13-8-5-12/h4-5,7-8,11,14H,3,6,9-10H2,1-2H3. The highest BCUT2D eigenvalue weighted by Gasteiger charge is 2.03. The number of methoxy groups -OCH3 is 1. The lowest BCUT2D eigenvalue weighted by Crippen LogP contribution is -2.24. The van der Waals surface area contributed by atoms with E-state index in [0.29, 0.717) is 5.25 Å². The zero-order valence-electron chi connectivity index (χ0n) is 9.98. The second-order valence-corrected chi connectivity index (χ2v) is 5.17. The first-order valence-electron chi connectivity index (χ1n) is 5.59. The van der Waals surface area contributed by atoms with E-state index < -0.39 is 0 Å². The van der Waals surface area contributed by atoms with Crippen LogP contribution in [0.15, 0.2) is 29.4 Å². The fourth-order valence-corrected chi connectivity index (χ4v) is 2.28. The van der Waals surface area contributed by atoms with Gasteiger partial charge >= 0.3 is 0 Å². The maximum absolute atomic E-state index is 4.99. The Morgan fingerprint density at radius 1 is 1.44 bits per heavy atom. The van der Waals surface area contributed by atoms with Crippen molar-refractivity contribution in [3.05, 3.63) is 24.5 Å². The molecule has 3 nitrogen and oxygen atoms in total. The van der Waals surface area contributed by atoms with Crippen molar-refractivity contribution >= 4 is 11.8 Å². The van der Waals surface area contributed by atoms with E-state index in [4.69, 9.17) is 4.74 Å². The van der Waals surface area contributed by atoms with Gasteiger partial charge in [-0.2, -0.15) is 0 Å². The van der Waals surface area contributed by atoms with Crippen molar-refractivity contribution in [3.8, 4) is 0 Å². The highest BCUT2D eigenvalue weighted by atomic mass is 32.2. The molecule has 0 fully saturated rings. The Morgan fingerprint density at radius 2 is 2.19 bits per heavy atom. The van der Waals surface area contributed by atoms with Crippen molar-refractivity contribution in [2.45, 2.75) is 23.5 Å². The van der Waals surface area contributed by atoms with E-state index in [2.05, 4.69) is 17.2 Å². The van der Waals surface area contributed by atoms with Crippen LogP contribution in [0.4, 0.5) is 0 Å². The molecular formula is C12H20N2OS. The molecular weight excluding hydrogens is 220 g/mol. The fourth-order valence-electron chi connectivity index (χ4n) is 1.34. The molecule has 0 saturated heterocycles. The molecule has 0 aliphatic carbocycles. The van der Waals surface area contributed by atoms with E-state index in [0.717, 1.165) is 26.1 Å². The van der Waals surface area contributed by atoms with Gasteiger partial charge in [0, 0.05) is 42.8 Å². The van der Waals surface area contributed by atoms with Crippen LogP contribution in [0.3, 0.4) is 0 Å². The number of ether oxygens (including phenoxy) is 1. The molecule has 1 unspecified atom stereocenters. The van der Waals surface area contributed by atoms with Crippen molar-refractivity contribution in [2.24, 2.45) is 0 Å². The lowest BCUT2D eigenvalue weighted by atomic mass is 10.4. The third kappa shape index (κ3) is 6.10. The molecule has 4 heteroatoms. The van der Waals surface area contributed by atoms with Crippen LogP contribution in [0.5, 0.6) is 0 Å². The van der Waals surface area contributed by atoms with Crippen LogP contribution in [0.2, 0.25) is 0 Å². The Bertz CT molecular complexity index is 269. The van der Waals surface area contributed by atoms with Crippen LogP contribution >= 0.6 is 11.8 Å². The normalized spacial score (nSPS) is 12.6. The molecule has 90 valence electrons. The van der Waals surface area contributed by atoms with Crippen LogP contribution in [0.1, 0.15) is 13.3 Å². The molecule has 0 aliphatic rings. The highest BCUT2D eigenvalue weighted by Crippen LogP contribution is 2.21. The third-order valence-corrected chi connectivity index (χ3v) is 3.23. The van der Waals surface area contributed by atoms with E-state index in [1.165, 1.54) is 4.90 Å². The molecule has 1 N–H and O–H groups in total. The number of hydrogen-bond acceptors (Lipinski definition) is 4. The number of hydrogen-bond donors (Lipinski definition) is 1. The number of thioether (sulfide) groups is 1. The summed E-state index contributed by atoms with van der Waals surface area (Å²) in [7, 11) is 1.74. The van der Waals surface area contributed by atoms with Gasteiger partial charge in [-0.1, -0.05) is 6.92 Å². The Labute approximate surface area is 102 Å². The second kappa shape index (κ2) is 8.56. The molecule has 1 aromatic heterocycles. The average molecular weight is 240 g/mol. The van der Waals surface area contributed by atoms with Crippen LogP contribution in [-0.4, -0.2) is 37.0 Å². The summed E-state index contributed by atoms with van der Waals surface area (Å²) >= 11 is 1.87. The summed E-state index contributed by atoms with van der Waals surface area (Å²) in [5.74, 6) is 0. The molecule has 1 atom stereocenters. The minimum atomic E-state index is 0.574. The summed E-state index contributed by atoms with van der Waals surface area (Å²) in [6.07, 6.45) is 4.74. The molecule has 0 spiro atoms. The molecule has 0 amide bonds. The molecule has 0 bridgehead atoms. The zero-order chi connectivity index (χ0) is 11.6. The summed E-state index contributed by atoms with van der Waals surface area (Å²) in [6, 6.07) is 4.10. The third-order valence-electron chi connectivity index (χ3n) is 2.12. The maximum atomic E-state index is 4.99. The van der Waals surface area contributed by atoms with E-state index in [-0.39, 0.29) is 0 Å². The van der Waals surface area contributed by atoms with E-state index >= 15 is 0 Å². The van der Waals surface area contributed by atoms with E-state index in [1.807, 2.05) is 36.3 Å². The van der Waals surface area contributed by atoms with Crippen molar-refractivity contribution in [3.63, 3.8) is 0 Å². The van der Waals surface area contributed by atoms with Crippen molar-refractivity contribution in [1.29, 1.82) is 0 Å². The largest absolute Gasteiger partial charge is 0.385 e. The molecule has 0 saturated carbocycles. The first kappa shape index (κ1) is 13.5. The smallest absolute Gasteiger partial charge is 0.0474 e. The van der Waals surface area contributed by atoms with Crippen LogP contribution in [0.25, 0.3) is 0 Å². The highest BCUT2D eigenvalue weighted by molar-refractivity contribution is 8.00. The quantitative estimate of drug-likeness (QED) is 0.558. The van der Waals surface area contributed by atoms with Gasteiger partial charge in [0.15, 0.2) is 0 Å². The zero-order valence-corrected chi connectivity index (χ0v) is 10.8. The molecule has 1 heterocycles. The Kier molecular flexibility index (Phi) is 7.21. The minimum absolute atomic E-state index is 0.574. The Hall–Kier alpha value is -0.580. The predicted molar refractivity (Wildman–Crippen MR) is 68.9 cm³/mol. The monoisotopic (exact) mass is 240 g/mol. The first-order valence-corrected chi connectivity index (χ1v) is 6.47. The van der Waals surface area contributed by atoms with Gasteiger partial charge < -0.3 is 10.1 Å². The van der Waals surface area contributed by atoms with Gasteiger partial charge in [-0.15, -0.1) is 11.8 Å². The Balaban J connectivity index is 2.09. The molecule has 1 aromatic rings. The second-order valence-electron chi connectivity index (χ2n) is 3.66. The molecule has 16 heavy (non-hydrogen) atoms. The van der Waals surface area contributed by atoms with Crippen LogP contribution < -0.4 is 5.32 Å². The summed E-state index contributed by atoms with van der Waals surface area (Å²) in [6.45, 7) is 5.11. The Morgan fingerprint density at radius 3 is 2.88 bits per heavy atom. The summed E-state index contributed by atoms with van der Waals surface area (Å²) in [4.78, 5) is 5.28. The number of rotatable bonds is 8. The molecule has 0 aliphatic heterocycles. The van der Waals surface area contributed by atoms with E-state index in [1.54, 1.807) is 7.11 Å². The average Bonchev–Trinajstić information content (AvgIpc) is 2.30. The molecule has 0 radical (unpaired) electrons. The van der Waals surface area contributed by atoms with Crippen molar-refractivity contribution < 1.29 is 4.74 Å². The maximum Gasteiger partial charge on any atom is 0.0474 e. The number of pyridine rings is 1. The van der Waals surface area contributed by atoms with Gasteiger partial charge in [-0.05, 0) is 25.1 Å². The summed E-state index contributed by atoms with van der Waals surface area (Å²) in [5.41, 5.74) is 0. The van der Waals surface area contributed by atoms with Crippen LogP contribution in [-0.2, 0) is 4.74 Å². The predicted octanol–water partition coefficient (Wildman–Crippen LogP) is 2.19. The van der Waals surface area contributed by atoms with Gasteiger partial charge in [0.05, 0.1) is 0 Å². The van der Waals surface area contributed by atoms with Gasteiger partial charge in [0.25, 0.3) is 0 Å². The summed E-state index contributed by atoms with van der Waals surface area (Å²) in [5, 5.41) is 4.00. The molecule has 0 aromatic carbocycles. The van der Waals surface area contributed by atoms with Gasteiger partial charge in [-0.25, -0.2) is 0 Å². The summed E-state index contributed by atoms with van der Waals surface area (Å²) < 4.78 is 4.99. The lowest BCUT2D eigenvalue weighted by Gasteiger charge is -2.12. The van der Waals surface area contributed by atoms with Crippen molar-refractivity contribution in [1.82, 2.24) is 10.3 Å². The van der Waals surface area contributed by atoms with Gasteiger partial charge in [-0.3, -0.25) is 4.98 Å². The molecule has 1 rings (SSSR count). The van der Waals surface area contributed by atoms with Crippen molar-refractivity contribution in [2.75, 3.05) is 26.8 Å².